The highest BCUT2D eigenvalue weighted by Gasteiger charge is 2.17. The highest BCUT2D eigenvalue weighted by atomic mass is 32.2. The van der Waals surface area contributed by atoms with E-state index in [4.69, 9.17) is 14.2 Å². The number of benzene rings is 3. The zero-order valence-corrected chi connectivity index (χ0v) is 22.6. The van der Waals surface area contributed by atoms with E-state index in [1.807, 2.05) is 13.0 Å². The van der Waals surface area contributed by atoms with Crippen LogP contribution in [0.4, 0.5) is 11.4 Å². The highest BCUT2D eigenvalue weighted by Crippen LogP contribution is 2.29. The van der Waals surface area contributed by atoms with E-state index in [-0.39, 0.29) is 17.4 Å². The molecule has 1 amide bonds. The number of amides is 1. The Bertz CT molecular complexity index is 1580. The summed E-state index contributed by atoms with van der Waals surface area (Å²) < 4.78 is 44.8. The maximum absolute atomic E-state index is 12.8. The predicted octanol–water partition coefficient (Wildman–Crippen LogP) is 5.21. The first-order valence-corrected chi connectivity index (χ1v) is 13.9. The number of fused-ring (bicyclic) bond motifs is 1. The number of nitrogens with one attached hydrogen (secondary N) is 2. The van der Waals surface area contributed by atoms with Gasteiger partial charge >= 0.3 is 5.97 Å². The van der Waals surface area contributed by atoms with Crippen molar-refractivity contribution in [1.82, 2.24) is 0 Å². The highest BCUT2D eigenvalue weighted by molar-refractivity contribution is 7.92. The number of thiophene rings is 1. The Hall–Kier alpha value is -4.09. The Kier molecular flexibility index (Phi) is 8.18. The summed E-state index contributed by atoms with van der Waals surface area (Å²) in [6.45, 7) is 3.82. The van der Waals surface area contributed by atoms with Crippen LogP contribution in [0, 0.1) is 6.92 Å². The number of carbonyl (C=O) groups is 2. The van der Waals surface area contributed by atoms with Crippen LogP contribution in [0.1, 0.15) is 22.2 Å². The summed E-state index contributed by atoms with van der Waals surface area (Å²) in [5.74, 6) is 0.236. The van der Waals surface area contributed by atoms with Crippen molar-refractivity contribution in [2.45, 2.75) is 18.7 Å². The van der Waals surface area contributed by atoms with Gasteiger partial charge in [-0.1, -0.05) is 0 Å². The molecule has 0 aliphatic heterocycles. The molecule has 0 radical (unpaired) electrons. The zero-order chi connectivity index (χ0) is 27.3. The lowest BCUT2D eigenvalue weighted by molar-refractivity contribution is -0.118. The van der Waals surface area contributed by atoms with Gasteiger partial charge in [-0.25, -0.2) is 13.2 Å². The first-order chi connectivity index (χ1) is 18.2. The molecule has 0 saturated carbocycles. The van der Waals surface area contributed by atoms with E-state index in [2.05, 4.69) is 10.0 Å². The third kappa shape index (κ3) is 6.42. The third-order valence-electron chi connectivity index (χ3n) is 5.42. The fourth-order valence-electron chi connectivity index (χ4n) is 3.61. The SMILES string of the molecule is CCOc1ccc(NS(=O)(=O)c2ccc(OCC(=O)Nc3ccc4sc(C(=O)OC)cc4c3)c(C)c2)cc1. The van der Waals surface area contributed by atoms with E-state index >= 15 is 0 Å². The predicted molar refractivity (Wildman–Crippen MR) is 147 cm³/mol. The fraction of sp³-hybridized carbons (Fsp3) is 0.185. The van der Waals surface area contributed by atoms with Gasteiger partial charge in [-0.15, -0.1) is 11.3 Å². The molecule has 3 aromatic carbocycles. The standard InChI is InChI=1S/C27H26N2O7S2/c1-4-35-21-8-5-19(6-9-21)29-38(32,33)22-10-11-23(17(2)13-22)36-16-26(30)28-20-7-12-24-18(14-20)15-25(37-24)27(31)34-3/h5-15,29H,4,16H2,1-3H3,(H,28,30). The number of methoxy groups -OCH3 is 1. The van der Waals surface area contributed by atoms with E-state index in [1.165, 1.54) is 36.6 Å². The number of rotatable bonds is 10. The van der Waals surface area contributed by atoms with E-state index in [0.717, 1.165) is 10.1 Å². The van der Waals surface area contributed by atoms with Gasteiger partial charge in [0, 0.05) is 16.1 Å². The number of anilines is 2. The Morgan fingerprint density at radius 2 is 1.66 bits per heavy atom. The molecule has 38 heavy (non-hydrogen) atoms. The molecule has 0 fully saturated rings. The van der Waals surface area contributed by atoms with Crippen LogP contribution in [0.15, 0.2) is 71.6 Å². The van der Waals surface area contributed by atoms with Gasteiger partial charge in [0.1, 0.15) is 16.4 Å². The van der Waals surface area contributed by atoms with Crippen molar-refractivity contribution in [3.8, 4) is 11.5 Å². The van der Waals surface area contributed by atoms with Gasteiger partial charge in [-0.3, -0.25) is 9.52 Å². The van der Waals surface area contributed by atoms with Crippen molar-refractivity contribution >= 4 is 54.7 Å². The molecule has 198 valence electrons. The van der Waals surface area contributed by atoms with Gasteiger partial charge in [0.25, 0.3) is 15.9 Å². The smallest absolute Gasteiger partial charge is 0.348 e. The van der Waals surface area contributed by atoms with Crippen molar-refractivity contribution in [3.63, 3.8) is 0 Å². The molecular formula is C27H26N2O7S2. The van der Waals surface area contributed by atoms with Gasteiger partial charge in [0.15, 0.2) is 6.61 Å². The van der Waals surface area contributed by atoms with Crippen molar-refractivity contribution < 1.29 is 32.2 Å². The van der Waals surface area contributed by atoms with Crippen LogP contribution in [-0.2, 0) is 19.6 Å². The Labute approximate surface area is 224 Å². The summed E-state index contributed by atoms with van der Waals surface area (Å²) in [7, 11) is -2.50. The van der Waals surface area contributed by atoms with Gasteiger partial charge in [-0.05, 0) is 91.5 Å². The van der Waals surface area contributed by atoms with E-state index in [0.29, 0.717) is 39.9 Å². The van der Waals surface area contributed by atoms with Crippen LogP contribution < -0.4 is 19.5 Å². The molecule has 4 rings (SSSR count). The first kappa shape index (κ1) is 27.0. The molecule has 0 bridgehead atoms. The fourth-order valence-corrected chi connectivity index (χ4v) is 5.72. The summed E-state index contributed by atoms with van der Waals surface area (Å²) in [4.78, 5) is 24.8. The second kappa shape index (κ2) is 11.5. The number of esters is 1. The lowest BCUT2D eigenvalue weighted by Gasteiger charge is -2.13. The second-order valence-corrected chi connectivity index (χ2v) is 10.9. The maximum atomic E-state index is 12.8. The summed E-state index contributed by atoms with van der Waals surface area (Å²) >= 11 is 1.31. The molecular weight excluding hydrogens is 528 g/mol. The summed E-state index contributed by atoms with van der Waals surface area (Å²) in [6.07, 6.45) is 0. The number of hydrogen-bond donors (Lipinski definition) is 2. The molecule has 4 aromatic rings. The van der Waals surface area contributed by atoms with Crippen LogP contribution in [0.3, 0.4) is 0 Å². The molecule has 0 spiro atoms. The number of aryl methyl sites for hydroxylation is 1. The first-order valence-electron chi connectivity index (χ1n) is 11.6. The largest absolute Gasteiger partial charge is 0.494 e. The molecule has 0 aliphatic carbocycles. The van der Waals surface area contributed by atoms with E-state index in [1.54, 1.807) is 49.4 Å². The van der Waals surface area contributed by atoms with Gasteiger partial charge in [0.2, 0.25) is 0 Å². The van der Waals surface area contributed by atoms with E-state index < -0.39 is 16.0 Å². The Balaban J connectivity index is 1.36. The lowest BCUT2D eigenvalue weighted by Crippen LogP contribution is -2.20. The van der Waals surface area contributed by atoms with Gasteiger partial charge in [0.05, 0.1) is 18.6 Å². The van der Waals surface area contributed by atoms with Crippen LogP contribution in [0.5, 0.6) is 11.5 Å². The van der Waals surface area contributed by atoms with Gasteiger partial charge in [-0.2, -0.15) is 0 Å². The number of sulfonamides is 1. The number of hydrogen-bond acceptors (Lipinski definition) is 8. The average Bonchev–Trinajstić information content (AvgIpc) is 3.32. The minimum atomic E-state index is -3.83. The van der Waals surface area contributed by atoms with Crippen LogP contribution >= 0.6 is 11.3 Å². The van der Waals surface area contributed by atoms with Crippen LogP contribution in [0.2, 0.25) is 0 Å². The third-order valence-corrected chi connectivity index (χ3v) is 7.89. The number of carbonyl (C=O) groups excluding carboxylic acids is 2. The lowest BCUT2D eigenvalue weighted by atomic mass is 10.2. The Morgan fingerprint density at radius 3 is 2.34 bits per heavy atom. The molecule has 0 aliphatic rings. The van der Waals surface area contributed by atoms with Crippen LogP contribution in [-0.4, -0.2) is 40.6 Å². The molecule has 1 heterocycles. The minimum Gasteiger partial charge on any atom is -0.494 e. The summed E-state index contributed by atoms with van der Waals surface area (Å²) in [5, 5.41) is 3.57. The van der Waals surface area contributed by atoms with Crippen molar-refractivity contribution in [2.24, 2.45) is 0 Å². The molecule has 0 saturated heterocycles. The topological polar surface area (TPSA) is 120 Å². The van der Waals surface area contributed by atoms with Crippen molar-refractivity contribution in [3.05, 3.63) is 77.2 Å². The monoisotopic (exact) mass is 554 g/mol. The van der Waals surface area contributed by atoms with Crippen LogP contribution in [0.25, 0.3) is 10.1 Å². The molecule has 2 N–H and O–H groups in total. The second-order valence-electron chi connectivity index (χ2n) is 8.18. The summed E-state index contributed by atoms with van der Waals surface area (Å²) in [6, 6.07) is 18.1. The molecule has 11 heteroatoms. The average molecular weight is 555 g/mol. The normalized spacial score (nSPS) is 11.1. The number of ether oxygens (including phenoxy) is 3. The zero-order valence-electron chi connectivity index (χ0n) is 20.9. The summed E-state index contributed by atoms with van der Waals surface area (Å²) in [5.41, 5.74) is 1.52. The van der Waals surface area contributed by atoms with E-state index in [9.17, 15) is 18.0 Å². The molecule has 9 nitrogen and oxygen atoms in total. The van der Waals surface area contributed by atoms with Crippen molar-refractivity contribution in [2.75, 3.05) is 30.4 Å². The molecule has 0 unspecified atom stereocenters. The van der Waals surface area contributed by atoms with Gasteiger partial charge < -0.3 is 19.5 Å². The van der Waals surface area contributed by atoms with Crippen molar-refractivity contribution in [1.29, 1.82) is 0 Å². The maximum Gasteiger partial charge on any atom is 0.348 e. The Morgan fingerprint density at radius 1 is 0.921 bits per heavy atom. The quantitative estimate of drug-likeness (QED) is 0.258. The molecule has 0 atom stereocenters. The molecule has 1 aromatic heterocycles. The minimum absolute atomic E-state index is 0.0658.